The fourth-order valence-electron chi connectivity index (χ4n) is 3.07. The molecule has 5 nitrogen and oxygen atoms in total. The second kappa shape index (κ2) is 7.27. The number of anilines is 1. The predicted molar refractivity (Wildman–Crippen MR) is 96.9 cm³/mol. The van der Waals surface area contributed by atoms with Crippen LogP contribution in [0.3, 0.4) is 0 Å². The molecule has 2 aromatic rings. The lowest BCUT2D eigenvalue weighted by molar-refractivity contribution is 0.0709. The summed E-state index contributed by atoms with van der Waals surface area (Å²) in [5.41, 5.74) is 2.22. The summed E-state index contributed by atoms with van der Waals surface area (Å²) >= 11 is 0. The molecule has 1 atom stereocenters. The van der Waals surface area contributed by atoms with Crippen LogP contribution in [0.25, 0.3) is 0 Å². The monoisotopic (exact) mass is 335 g/mol. The first-order valence-electron chi connectivity index (χ1n) is 8.38. The molecule has 0 aliphatic carbocycles. The van der Waals surface area contributed by atoms with Crippen LogP contribution in [0.4, 0.5) is 5.69 Å². The summed E-state index contributed by atoms with van der Waals surface area (Å²) in [6.07, 6.45) is -0.0813. The summed E-state index contributed by atoms with van der Waals surface area (Å²) in [5.74, 6) is 0.787. The number of nitrogens with zero attached hydrogens (tertiary/aromatic N) is 3. The zero-order valence-electron chi connectivity index (χ0n) is 14.5. The van der Waals surface area contributed by atoms with Crippen molar-refractivity contribution >= 4 is 11.6 Å². The highest BCUT2D eigenvalue weighted by molar-refractivity contribution is 5.94. The van der Waals surface area contributed by atoms with E-state index in [2.05, 4.69) is 24.0 Å². The topological polar surface area (TPSA) is 56.6 Å². The molecule has 0 bridgehead atoms. The summed E-state index contributed by atoms with van der Waals surface area (Å²) in [7, 11) is 1.78. The Morgan fingerprint density at radius 1 is 1.28 bits per heavy atom. The average molecular weight is 335 g/mol. The Labute approximate surface area is 148 Å². The largest absolute Gasteiger partial charge is 0.485 e. The minimum atomic E-state index is -0.0813. The number of amides is 1. The first kappa shape index (κ1) is 16.8. The summed E-state index contributed by atoms with van der Waals surface area (Å²) in [4.78, 5) is 16.5. The molecule has 0 aromatic heterocycles. The van der Waals surface area contributed by atoms with Crippen molar-refractivity contribution in [2.45, 2.75) is 13.0 Å². The number of para-hydroxylation sites is 2. The van der Waals surface area contributed by atoms with Crippen LogP contribution >= 0.6 is 0 Å². The summed E-state index contributed by atoms with van der Waals surface area (Å²) in [5, 5.41) is 8.85. The van der Waals surface area contributed by atoms with Crippen molar-refractivity contribution in [3.8, 4) is 11.8 Å². The highest BCUT2D eigenvalue weighted by atomic mass is 16.5. The Bertz CT molecular complexity index is 795. The van der Waals surface area contributed by atoms with Crippen molar-refractivity contribution in [3.63, 3.8) is 0 Å². The van der Waals surface area contributed by atoms with Crippen molar-refractivity contribution in [3.05, 3.63) is 59.7 Å². The van der Waals surface area contributed by atoms with E-state index in [1.165, 1.54) is 0 Å². The van der Waals surface area contributed by atoms with E-state index in [0.29, 0.717) is 17.7 Å². The zero-order valence-corrected chi connectivity index (χ0v) is 14.5. The Kier molecular flexibility index (Phi) is 4.90. The van der Waals surface area contributed by atoms with Crippen LogP contribution in [0.5, 0.6) is 5.75 Å². The first-order chi connectivity index (χ1) is 12.1. The molecule has 0 unspecified atom stereocenters. The minimum Gasteiger partial charge on any atom is -0.485 e. The van der Waals surface area contributed by atoms with E-state index < -0.39 is 0 Å². The molecule has 0 spiro atoms. The Morgan fingerprint density at radius 2 is 2.00 bits per heavy atom. The van der Waals surface area contributed by atoms with Gasteiger partial charge in [0.15, 0.2) is 0 Å². The summed E-state index contributed by atoms with van der Waals surface area (Å²) < 4.78 is 6.08. The predicted octanol–water partition coefficient (Wildman–Crippen LogP) is 2.92. The second-order valence-corrected chi connectivity index (χ2v) is 6.12. The number of hydrogen-bond donors (Lipinski definition) is 0. The molecule has 0 radical (unpaired) electrons. The van der Waals surface area contributed by atoms with E-state index in [1.807, 2.05) is 18.2 Å². The number of likely N-dealkylation sites (N-methyl/N-ethyl adjacent to an activating group) is 2. The lowest BCUT2D eigenvalue weighted by Gasteiger charge is -2.37. The standard InChI is InChI=1S/C20H21N3O2/c1-3-23-14-17(25-19-7-5-4-6-18(19)23)13-22(2)20(24)16-10-8-15(12-21)9-11-16/h4-11,17H,3,13-14H2,1-2H3/t17-/m1/s1. The SMILES string of the molecule is CCN1C[C@@H](CN(C)C(=O)c2ccc(C#N)cc2)Oc2ccccc21. The third-order valence-electron chi connectivity index (χ3n) is 4.39. The zero-order chi connectivity index (χ0) is 17.8. The average Bonchev–Trinajstić information content (AvgIpc) is 2.66. The maximum Gasteiger partial charge on any atom is 0.253 e. The minimum absolute atomic E-state index is 0.0741. The Morgan fingerprint density at radius 3 is 2.68 bits per heavy atom. The first-order valence-corrected chi connectivity index (χ1v) is 8.38. The molecule has 1 heterocycles. The highest BCUT2D eigenvalue weighted by Crippen LogP contribution is 2.32. The van der Waals surface area contributed by atoms with Crippen molar-refractivity contribution in [2.24, 2.45) is 0 Å². The van der Waals surface area contributed by atoms with Gasteiger partial charge in [0, 0.05) is 19.2 Å². The molecule has 0 fully saturated rings. The van der Waals surface area contributed by atoms with Crippen LogP contribution in [0, 0.1) is 11.3 Å². The molecule has 128 valence electrons. The maximum atomic E-state index is 12.6. The van der Waals surface area contributed by atoms with Gasteiger partial charge in [0.2, 0.25) is 0 Å². The van der Waals surface area contributed by atoms with Crippen LogP contribution in [-0.4, -0.2) is 43.6 Å². The number of carbonyl (C=O) groups excluding carboxylic acids is 1. The lowest BCUT2D eigenvalue weighted by Crippen LogP contribution is -2.46. The second-order valence-electron chi connectivity index (χ2n) is 6.12. The van der Waals surface area contributed by atoms with E-state index in [9.17, 15) is 4.79 Å². The molecule has 2 aromatic carbocycles. The van der Waals surface area contributed by atoms with Gasteiger partial charge in [0.25, 0.3) is 5.91 Å². The highest BCUT2D eigenvalue weighted by Gasteiger charge is 2.26. The van der Waals surface area contributed by atoms with Crippen LogP contribution in [-0.2, 0) is 0 Å². The van der Waals surface area contributed by atoms with Gasteiger partial charge in [-0.25, -0.2) is 0 Å². The molecule has 0 saturated heterocycles. The molecule has 0 N–H and O–H groups in total. The van der Waals surface area contributed by atoms with Gasteiger partial charge < -0.3 is 14.5 Å². The fourth-order valence-corrected chi connectivity index (χ4v) is 3.07. The molecular formula is C20H21N3O2. The van der Waals surface area contributed by atoms with E-state index >= 15 is 0 Å². The number of hydrogen-bond acceptors (Lipinski definition) is 4. The number of ether oxygens (including phenoxy) is 1. The van der Waals surface area contributed by atoms with Crippen molar-refractivity contribution in [2.75, 3.05) is 31.6 Å². The van der Waals surface area contributed by atoms with E-state index in [-0.39, 0.29) is 12.0 Å². The summed E-state index contributed by atoms with van der Waals surface area (Å²) in [6, 6.07) is 16.7. The lowest BCUT2D eigenvalue weighted by atomic mass is 10.1. The summed E-state index contributed by atoms with van der Waals surface area (Å²) in [6.45, 7) is 4.26. The van der Waals surface area contributed by atoms with Crippen LogP contribution < -0.4 is 9.64 Å². The van der Waals surface area contributed by atoms with Gasteiger partial charge in [0.05, 0.1) is 30.4 Å². The third-order valence-corrected chi connectivity index (χ3v) is 4.39. The van der Waals surface area contributed by atoms with Crippen molar-refractivity contribution in [1.29, 1.82) is 5.26 Å². The number of rotatable bonds is 4. The molecule has 0 saturated carbocycles. The number of fused-ring (bicyclic) bond motifs is 1. The smallest absolute Gasteiger partial charge is 0.253 e. The number of benzene rings is 2. The molecular weight excluding hydrogens is 314 g/mol. The van der Waals surface area contributed by atoms with Gasteiger partial charge in [0.1, 0.15) is 11.9 Å². The van der Waals surface area contributed by atoms with Crippen LogP contribution in [0.15, 0.2) is 48.5 Å². The fraction of sp³-hybridized carbons (Fsp3) is 0.300. The van der Waals surface area contributed by atoms with Crippen molar-refractivity contribution in [1.82, 2.24) is 4.90 Å². The van der Waals surface area contributed by atoms with E-state index in [1.54, 1.807) is 36.2 Å². The molecule has 1 aliphatic rings. The molecule has 25 heavy (non-hydrogen) atoms. The van der Waals surface area contributed by atoms with Gasteiger partial charge in [-0.1, -0.05) is 12.1 Å². The number of carbonyl (C=O) groups is 1. The van der Waals surface area contributed by atoms with Crippen LogP contribution in [0.2, 0.25) is 0 Å². The molecule has 1 amide bonds. The molecule has 3 rings (SSSR count). The molecule has 1 aliphatic heterocycles. The Hall–Kier alpha value is -3.00. The van der Waals surface area contributed by atoms with Gasteiger partial charge in [-0.2, -0.15) is 5.26 Å². The maximum absolute atomic E-state index is 12.6. The van der Waals surface area contributed by atoms with E-state index in [0.717, 1.165) is 24.5 Å². The van der Waals surface area contributed by atoms with Gasteiger partial charge >= 0.3 is 0 Å². The Balaban J connectivity index is 1.69. The quantitative estimate of drug-likeness (QED) is 0.862. The van der Waals surface area contributed by atoms with E-state index in [4.69, 9.17) is 10.00 Å². The number of nitriles is 1. The third kappa shape index (κ3) is 3.58. The van der Waals surface area contributed by atoms with Gasteiger partial charge in [-0.3, -0.25) is 4.79 Å². The van der Waals surface area contributed by atoms with Crippen LogP contribution in [0.1, 0.15) is 22.8 Å². The normalized spacial score (nSPS) is 15.7. The van der Waals surface area contributed by atoms with Crippen molar-refractivity contribution < 1.29 is 9.53 Å². The van der Waals surface area contributed by atoms with Gasteiger partial charge in [-0.15, -0.1) is 0 Å². The molecule has 5 heteroatoms. The van der Waals surface area contributed by atoms with Gasteiger partial charge in [-0.05, 0) is 43.3 Å².